The number of benzene rings is 1. The molecule has 17 heavy (non-hydrogen) atoms. The second-order valence-corrected chi connectivity index (χ2v) is 4.96. The highest BCUT2D eigenvalue weighted by Gasteiger charge is 2.17. The van der Waals surface area contributed by atoms with Gasteiger partial charge in [0.1, 0.15) is 5.82 Å². The Kier molecular flexibility index (Phi) is 2.39. The van der Waals surface area contributed by atoms with E-state index in [9.17, 15) is 0 Å². The maximum absolute atomic E-state index is 5.81. The number of nitrogens with two attached hydrogens (primary N) is 1. The zero-order valence-corrected chi connectivity index (χ0v) is 10.1. The van der Waals surface area contributed by atoms with E-state index < -0.39 is 0 Å². The van der Waals surface area contributed by atoms with E-state index in [0.717, 1.165) is 35.8 Å². The fourth-order valence-corrected chi connectivity index (χ4v) is 2.45. The molecule has 0 bridgehead atoms. The van der Waals surface area contributed by atoms with Crippen LogP contribution in [0.15, 0.2) is 30.5 Å². The fraction of sp³-hybridized carbons (Fsp3) is 0.357. The van der Waals surface area contributed by atoms with E-state index in [4.69, 9.17) is 10.7 Å². The number of aryl methyl sites for hydroxylation is 1. The van der Waals surface area contributed by atoms with Gasteiger partial charge in [0.15, 0.2) is 0 Å². The lowest BCUT2D eigenvalue weighted by Gasteiger charge is -2.19. The van der Waals surface area contributed by atoms with Crippen molar-refractivity contribution >= 4 is 5.69 Å². The monoisotopic (exact) mass is 227 g/mol. The van der Waals surface area contributed by atoms with Crippen molar-refractivity contribution in [1.82, 2.24) is 9.55 Å². The van der Waals surface area contributed by atoms with Crippen molar-refractivity contribution in [1.29, 1.82) is 0 Å². The van der Waals surface area contributed by atoms with Gasteiger partial charge in [-0.3, -0.25) is 0 Å². The lowest BCUT2D eigenvalue weighted by atomic mass is 10.0. The minimum Gasteiger partial charge on any atom is -0.399 e. The van der Waals surface area contributed by atoms with E-state index in [1.165, 1.54) is 12.2 Å². The molecule has 2 N–H and O–H groups in total. The molecule has 1 aliphatic heterocycles. The van der Waals surface area contributed by atoms with Crippen molar-refractivity contribution in [3.05, 3.63) is 36.3 Å². The van der Waals surface area contributed by atoms with Gasteiger partial charge in [0.05, 0.1) is 5.69 Å². The lowest BCUT2D eigenvalue weighted by molar-refractivity contribution is 0.394. The number of anilines is 1. The Labute approximate surface area is 101 Å². The number of fused-ring (bicyclic) bond motifs is 1. The lowest BCUT2D eigenvalue weighted by Crippen LogP contribution is -2.17. The first-order valence-electron chi connectivity index (χ1n) is 6.14. The van der Waals surface area contributed by atoms with Gasteiger partial charge in [0.25, 0.3) is 0 Å². The Hall–Kier alpha value is -1.77. The summed E-state index contributed by atoms with van der Waals surface area (Å²) in [5, 5.41) is 0. The Morgan fingerprint density at radius 3 is 3.12 bits per heavy atom. The molecule has 0 saturated heterocycles. The van der Waals surface area contributed by atoms with E-state index >= 15 is 0 Å². The van der Waals surface area contributed by atoms with Crippen LogP contribution in [0, 0.1) is 5.92 Å². The second kappa shape index (κ2) is 3.91. The van der Waals surface area contributed by atoms with Crippen molar-refractivity contribution < 1.29 is 0 Å². The fourth-order valence-electron chi connectivity index (χ4n) is 2.45. The van der Waals surface area contributed by atoms with Crippen molar-refractivity contribution in [2.75, 3.05) is 5.73 Å². The highest BCUT2D eigenvalue weighted by atomic mass is 15.1. The van der Waals surface area contributed by atoms with Gasteiger partial charge in [0.2, 0.25) is 0 Å². The van der Waals surface area contributed by atoms with Gasteiger partial charge in [-0.05, 0) is 24.5 Å². The molecule has 88 valence electrons. The van der Waals surface area contributed by atoms with Crippen LogP contribution in [0.4, 0.5) is 5.69 Å². The molecule has 0 aliphatic carbocycles. The largest absolute Gasteiger partial charge is 0.399 e. The van der Waals surface area contributed by atoms with Crippen LogP contribution in [0.25, 0.3) is 11.3 Å². The van der Waals surface area contributed by atoms with Crippen molar-refractivity contribution in [2.24, 2.45) is 5.92 Å². The minimum atomic E-state index is 0.755. The number of hydrogen-bond donors (Lipinski definition) is 1. The molecule has 3 rings (SSSR count). The molecule has 2 aromatic rings. The number of hydrogen-bond acceptors (Lipinski definition) is 2. The van der Waals surface area contributed by atoms with Gasteiger partial charge in [0, 0.05) is 30.4 Å². The summed E-state index contributed by atoms with van der Waals surface area (Å²) in [4.78, 5) is 4.70. The third-order valence-electron chi connectivity index (χ3n) is 3.41. The molecule has 0 radical (unpaired) electrons. The Bertz CT molecular complexity index is 542. The SMILES string of the molecule is C[C@@H]1CCc2nc(-c3cccc(N)c3)cn2C1. The summed E-state index contributed by atoms with van der Waals surface area (Å²) in [5.74, 6) is 1.96. The van der Waals surface area contributed by atoms with Crippen LogP contribution in [0.2, 0.25) is 0 Å². The van der Waals surface area contributed by atoms with Gasteiger partial charge in [-0.2, -0.15) is 0 Å². The van der Waals surface area contributed by atoms with Crippen molar-refractivity contribution in [2.45, 2.75) is 26.3 Å². The molecule has 0 unspecified atom stereocenters. The van der Waals surface area contributed by atoms with Crippen LogP contribution in [0.5, 0.6) is 0 Å². The van der Waals surface area contributed by atoms with Crippen LogP contribution in [-0.4, -0.2) is 9.55 Å². The molecular weight excluding hydrogens is 210 g/mol. The van der Waals surface area contributed by atoms with Gasteiger partial charge in [-0.1, -0.05) is 19.1 Å². The Morgan fingerprint density at radius 2 is 2.29 bits per heavy atom. The van der Waals surface area contributed by atoms with Crippen molar-refractivity contribution in [3.8, 4) is 11.3 Å². The number of imidazole rings is 1. The molecule has 0 amide bonds. The summed E-state index contributed by atoms with van der Waals surface area (Å²) in [6, 6.07) is 7.93. The van der Waals surface area contributed by atoms with Crippen LogP contribution < -0.4 is 5.73 Å². The first kappa shape index (κ1) is 10.4. The second-order valence-electron chi connectivity index (χ2n) is 4.96. The molecular formula is C14H17N3. The summed E-state index contributed by atoms with van der Waals surface area (Å²) in [6.45, 7) is 3.38. The molecule has 1 aliphatic rings. The maximum atomic E-state index is 5.81. The zero-order chi connectivity index (χ0) is 11.8. The van der Waals surface area contributed by atoms with Gasteiger partial charge in [-0.25, -0.2) is 4.98 Å². The van der Waals surface area contributed by atoms with E-state index in [-0.39, 0.29) is 0 Å². The first-order valence-corrected chi connectivity index (χ1v) is 6.14. The Balaban J connectivity index is 2.00. The Morgan fingerprint density at radius 1 is 1.41 bits per heavy atom. The predicted molar refractivity (Wildman–Crippen MR) is 69.6 cm³/mol. The zero-order valence-electron chi connectivity index (χ0n) is 10.1. The highest BCUT2D eigenvalue weighted by Crippen LogP contribution is 2.25. The molecule has 2 heterocycles. The van der Waals surface area contributed by atoms with Crippen LogP contribution in [-0.2, 0) is 13.0 Å². The van der Waals surface area contributed by atoms with Gasteiger partial charge < -0.3 is 10.3 Å². The molecule has 1 atom stereocenters. The predicted octanol–water partition coefficient (Wildman–Crippen LogP) is 2.71. The summed E-state index contributed by atoms with van der Waals surface area (Å²) in [7, 11) is 0. The third-order valence-corrected chi connectivity index (χ3v) is 3.41. The standard InChI is InChI=1S/C14H17N3/c1-10-5-6-14-16-13(9-17(14)8-10)11-3-2-4-12(15)7-11/h2-4,7,9-10H,5-6,8,15H2,1H3/t10-/m1/s1. The molecule has 0 fully saturated rings. The van der Waals surface area contributed by atoms with E-state index in [2.05, 4.69) is 23.8 Å². The minimum absolute atomic E-state index is 0.755. The van der Waals surface area contributed by atoms with E-state index in [1.54, 1.807) is 0 Å². The average Bonchev–Trinajstić information content (AvgIpc) is 2.72. The van der Waals surface area contributed by atoms with E-state index in [0.29, 0.717) is 0 Å². The third kappa shape index (κ3) is 1.93. The summed E-state index contributed by atoms with van der Waals surface area (Å²) < 4.78 is 2.28. The van der Waals surface area contributed by atoms with E-state index in [1.807, 2.05) is 18.2 Å². The molecule has 0 saturated carbocycles. The average molecular weight is 227 g/mol. The molecule has 1 aromatic carbocycles. The van der Waals surface area contributed by atoms with Gasteiger partial charge >= 0.3 is 0 Å². The molecule has 1 aromatic heterocycles. The number of rotatable bonds is 1. The summed E-state index contributed by atoms with van der Waals surface area (Å²) in [6.07, 6.45) is 4.48. The highest BCUT2D eigenvalue weighted by molar-refractivity contribution is 5.63. The van der Waals surface area contributed by atoms with Crippen LogP contribution in [0.1, 0.15) is 19.2 Å². The van der Waals surface area contributed by atoms with Crippen LogP contribution in [0.3, 0.4) is 0 Å². The molecule has 3 nitrogen and oxygen atoms in total. The quantitative estimate of drug-likeness (QED) is 0.761. The normalized spacial score (nSPS) is 19.0. The molecule has 3 heteroatoms. The molecule has 0 spiro atoms. The number of nitrogens with zero attached hydrogens (tertiary/aromatic N) is 2. The topological polar surface area (TPSA) is 43.8 Å². The number of nitrogen functional groups attached to an aromatic ring is 1. The van der Waals surface area contributed by atoms with Crippen molar-refractivity contribution in [3.63, 3.8) is 0 Å². The number of aromatic nitrogens is 2. The summed E-state index contributed by atoms with van der Waals surface area (Å²) >= 11 is 0. The first-order chi connectivity index (χ1) is 8.22. The maximum Gasteiger partial charge on any atom is 0.109 e. The smallest absolute Gasteiger partial charge is 0.109 e. The summed E-state index contributed by atoms with van der Waals surface area (Å²) in [5.41, 5.74) is 8.75. The van der Waals surface area contributed by atoms with Gasteiger partial charge in [-0.15, -0.1) is 0 Å². The van der Waals surface area contributed by atoms with Crippen LogP contribution >= 0.6 is 0 Å².